The average Bonchev–Trinajstić information content (AvgIpc) is 2.91. The van der Waals surface area contributed by atoms with Crippen molar-refractivity contribution < 1.29 is 18.3 Å². The number of aliphatic hydroxyl groups excluding tert-OH is 1. The summed E-state index contributed by atoms with van der Waals surface area (Å²) >= 11 is 0. The minimum atomic E-state index is -3.52. The SMILES string of the molecule is CCC1COCCN1S(=O)(=O)c1cc(CO)n(CC)c1. The predicted octanol–water partition coefficient (Wildman–Crippen LogP) is 0.800. The molecule has 0 aliphatic carbocycles. The van der Waals surface area contributed by atoms with Gasteiger partial charge in [0.1, 0.15) is 4.90 Å². The van der Waals surface area contributed by atoms with E-state index >= 15 is 0 Å². The molecule has 1 aromatic heterocycles. The Kier molecular flexibility index (Phi) is 4.85. The van der Waals surface area contributed by atoms with Crippen LogP contribution in [0.3, 0.4) is 0 Å². The third-order valence-corrected chi connectivity index (χ3v) is 5.63. The lowest BCUT2D eigenvalue weighted by Gasteiger charge is -2.33. The van der Waals surface area contributed by atoms with Crippen LogP contribution in [0.2, 0.25) is 0 Å². The van der Waals surface area contributed by atoms with Crippen LogP contribution in [-0.2, 0) is 27.9 Å². The van der Waals surface area contributed by atoms with Gasteiger partial charge < -0.3 is 14.4 Å². The summed E-state index contributed by atoms with van der Waals surface area (Å²) in [7, 11) is -3.52. The van der Waals surface area contributed by atoms with Crippen LogP contribution in [-0.4, -0.2) is 48.2 Å². The number of rotatable bonds is 5. The Hall–Kier alpha value is -0.890. The van der Waals surface area contributed by atoms with Gasteiger partial charge in [-0.05, 0) is 19.4 Å². The Morgan fingerprint density at radius 1 is 1.45 bits per heavy atom. The minimum Gasteiger partial charge on any atom is -0.390 e. The average molecular weight is 302 g/mol. The molecule has 20 heavy (non-hydrogen) atoms. The normalized spacial score (nSPS) is 21.2. The molecule has 7 heteroatoms. The molecule has 1 unspecified atom stereocenters. The summed E-state index contributed by atoms with van der Waals surface area (Å²) in [5.74, 6) is 0. The van der Waals surface area contributed by atoms with Crippen LogP contribution in [0.5, 0.6) is 0 Å². The fraction of sp³-hybridized carbons (Fsp3) is 0.692. The number of hydrogen-bond acceptors (Lipinski definition) is 4. The number of nitrogens with zero attached hydrogens (tertiary/aromatic N) is 2. The van der Waals surface area contributed by atoms with Crippen LogP contribution >= 0.6 is 0 Å². The first-order chi connectivity index (χ1) is 9.54. The molecule has 1 atom stereocenters. The molecule has 2 rings (SSSR count). The van der Waals surface area contributed by atoms with Crippen molar-refractivity contribution >= 4 is 10.0 Å². The maximum Gasteiger partial charge on any atom is 0.245 e. The maximum atomic E-state index is 12.7. The predicted molar refractivity (Wildman–Crippen MR) is 74.8 cm³/mol. The zero-order chi connectivity index (χ0) is 14.8. The van der Waals surface area contributed by atoms with Crippen molar-refractivity contribution in [2.45, 2.75) is 44.4 Å². The quantitative estimate of drug-likeness (QED) is 0.873. The summed E-state index contributed by atoms with van der Waals surface area (Å²) in [6.07, 6.45) is 2.32. The number of morpholine rings is 1. The number of aryl methyl sites for hydroxylation is 1. The minimum absolute atomic E-state index is 0.115. The standard InChI is InChI=1S/C13H22N2O4S/c1-3-11-10-19-6-5-15(11)20(17,18)13-7-12(9-16)14(4-2)8-13/h7-8,11,16H,3-6,9-10H2,1-2H3. The molecule has 0 radical (unpaired) electrons. The van der Waals surface area contributed by atoms with Crippen LogP contribution in [0.1, 0.15) is 26.0 Å². The summed E-state index contributed by atoms with van der Waals surface area (Å²) in [6.45, 7) is 5.59. The highest BCUT2D eigenvalue weighted by Crippen LogP contribution is 2.24. The van der Waals surface area contributed by atoms with Crippen molar-refractivity contribution in [1.29, 1.82) is 0 Å². The molecule has 6 nitrogen and oxygen atoms in total. The molecule has 2 heterocycles. The fourth-order valence-corrected chi connectivity index (χ4v) is 4.24. The molecule has 0 bridgehead atoms. The summed E-state index contributed by atoms with van der Waals surface area (Å²) in [5, 5.41) is 9.29. The molecule has 0 amide bonds. The van der Waals surface area contributed by atoms with Gasteiger partial charge in [0, 0.05) is 31.0 Å². The molecule has 0 aromatic carbocycles. The fourth-order valence-electron chi connectivity index (χ4n) is 2.51. The van der Waals surface area contributed by atoms with E-state index in [1.807, 2.05) is 13.8 Å². The van der Waals surface area contributed by atoms with E-state index in [4.69, 9.17) is 4.74 Å². The molecule has 0 saturated carbocycles. The highest BCUT2D eigenvalue weighted by molar-refractivity contribution is 7.89. The molecule has 1 saturated heterocycles. The van der Waals surface area contributed by atoms with Gasteiger partial charge in [-0.15, -0.1) is 0 Å². The van der Waals surface area contributed by atoms with Crippen molar-refractivity contribution in [2.24, 2.45) is 0 Å². The van der Waals surface area contributed by atoms with Crippen LogP contribution in [0.15, 0.2) is 17.2 Å². The Balaban J connectivity index is 2.36. The highest BCUT2D eigenvalue weighted by atomic mass is 32.2. The Morgan fingerprint density at radius 3 is 2.75 bits per heavy atom. The first-order valence-electron chi connectivity index (χ1n) is 6.94. The van der Waals surface area contributed by atoms with E-state index in [1.54, 1.807) is 16.8 Å². The summed E-state index contributed by atoms with van der Waals surface area (Å²) in [5.41, 5.74) is 0.618. The Bertz CT molecular complexity index is 531. The number of aromatic nitrogens is 1. The van der Waals surface area contributed by atoms with Crippen LogP contribution in [0, 0.1) is 0 Å². The van der Waals surface area contributed by atoms with E-state index in [0.717, 1.165) is 6.42 Å². The molecular weight excluding hydrogens is 280 g/mol. The van der Waals surface area contributed by atoms with Gasteiger partial charge in [-0.1, -0.05) is 6.92 Å². The van der Waals surface area contributed by atoms with E-state index in [9.17, 15) is 13.5 Å². The molecule has 1 aromatic rings. The third-order valence-electron chi connectivity index (χ3n) is 3.71. The van der Waals surface area contributed by atoms with Gasteiger partial charge in [-0.3, -0.25) is 0 Å². The number of hydrogen-bond donors (Lipinski definition) is 1. The van der Waals surface area contributed by atoms with Crippen molar-refractivity contribution in [1.82, 2.24) is 8.87 Å². The van der Waals surface area contributed by atoms with E-state index < -0.39 is 10.0 Å². The zero-order valence-electron chi connectivity index (χ0n) is 11.9. The summed E-state index contributed by atoms with van der Waals surface area (Å²) < 4.78 is 34.1. The van der Waals surface area contributed by atoms with Gasteiger partial charge in [0.05, 0.1) is 19.8 Å². The largest absolute Gasteiger partial charge is 0.390 e. The smallest absolute Gasteiger partial charge is 0.245 e. The van der Waals surface area contributed by atoms with Gasteiger partial charge in [-0.25, -0.2) is 8.42 Å². The maximum absolute atomic E-state index is 12.7. The lowest BCUT2D eigenvalue weighted by atomic mass is 10.2. The number of aliphatic hydroxyl groups is 1. The van der Waals surface area contributed by atoms with Crippen LogP contribution in [0.4, 0.5) is 0 Å². The molecule has 1 N–H and O–H groups in total. The van der Waals surface area contributed by atoms with Gasteiger partial charge in [0.15, 0.2) is 0 Å². The van der Waals surface area contributed by atoms with E-state index in [2.05, 4.69) is 0 Å². The zero-order valence-corrected chi connectivity index (χ0v) is 12.8. The van der Waals surface area contributed by atoms with Gasteiger partial charge >= 0.3 is 0 Å². The van der Waals surface area contributed by atoms with E-state index in [-0.39, 0.29) is 17.5 Å². The summed E-state index contributed by atoms with van der Waals surface area (Å²) in [6, 6.07) is 1.44. The molecular formula is C13H22N2O4S. The lowest BCUT2D eigenvalue weighted by molar-refractivity contribution is 0.0314. The first-order valence-corrected chi connectivity index (χ1v) is 8.38. The van der Waals surface area contributed by atoms with Gasteiger partial charge in [0.2, 0.25) is 10.0 Å². The third kappa shape index (κ3) is 2.76. The molecule has 1 aliphatic rings. The Morgan fingerprint density at radius 2 is 2.20 bits per heavy atom. The van der Waals surface area contributed by atoms with Crippen molar-refractivity contribution in [3.8, 4) is 0 Å². The van der Waals surface area contributed by atoms with Gasteiger partial charge in [-0.2, -0.15) is 4.31 Å². The topological polar surface area (TPSA) is 71.8 Å². The molecule has 0 spiro atoms. The van der Waals surface area contributed by atoms with Crippen molar-refractivity contribution in [3.05, 3.63) is 18.0 Å². The monoisotopic (exact) mass is 302 g/mol. The van der Waals surface area contributed by atoms with E-state index in [0.29, 0.717) is 32.0 Å². The second-order valence-corrected chi connectivity index (χ2v) is 6.75. The molecule has 1 fully saturated rings. The Labute approximate surface area is 120 Å². The van der Waals surface area contributed by atoms with E-state index in [1.165, 1.54) is 4.31 Å². The van der Waals surface area contributed by atoms with Gasteiger partial charge in [0.25, 0.3) is 0 Å². The second-order valence-electron chi connectivity index (χ2n) is 4.86. The van der Waals surface area contributed by atoms with Crippen molar-refractivity contribution in [3.63, 3.8) is 0 Å². The first kappa shape index (κ1) is 15.5. The number of ether oxygens (including phenoxy) is 1. The highest BCUT2D eigenvalue weighted by Gasteiger charge is 2.33. The lowest BCUT2D eigenvalue weighted by Crippen LogP contribution is -2.48. The molecule has 1 aliphatic heterocycles. The molecule has 114 valence electrons. The second kappa shape index (κ2) is 6.26. The number of sulfonamides is 1. The van der Waals surface area contributed by atoms with Crippen LogP contribution in [0.25, 0.3) is 0 Å². The van der Waals surface area contributed by atoms with Crippen LogP contribution < -0.4 is 0 Å². The van der Waals surface area contributed by atoms with Crippen molar-refractivity contribution in [2.75, 3.05) is 19.8 Å². The summed E-state index contributed by atoms with van der Waals surface area (Å²) in [4.78, 5) is 0.253.